The Labute approximate surface area is 156 Å². The lowest BCUT2D eigenvalue weighted by Crippen LogP contribution is -2.18. The SMILES string of the molecule is CSCCn1c(=NC(=O)c2ccc(C)cc2)sc2cc(C)c(C)cc21. The molecule has 0 saturated carbocycles. The molecule has 1 heterocycles. The van der Waals surface area contributed by atoms with Crippen LogP contribution in [0.15, 0.2) is 41.4 Å². The van der Waals surface area contributed by atoms with Crippen molar-refractivity contribution in [1.29, 1.82) is 0 Å². The molecule has 5 heteroatoms. The smallest absolute Gasteiger partial charge is 0.279 e. The first-order valence-corrected chi connectivity index (χ1v) is 10.5. The van der Waals surface area contributed by atoms with Crippen molar-refractivity contribution in [1.82, 2.24) is 4.57 Å². The van der Waals surface area contributed by atoms with E-state index in [4.69, 9.17) is 0 Å². The molecule has 0 bridgehead atoms. The van der Waals surface area contributed by atoms with Crippen molar-refractivity contribution < 1.29 is 4.79 Å². The van der Waals surface area contributed by atoms with Crippen LogP contribution in [0.5, 0.6) is 0 Å². The Morgan fingerprint density at radius 1 is 1.12 bits per heavy atom. The number of thioether (sulfide) groups is 1. The maximum absolute atomic E-state index is 12.6. The van der Waals surface area contributed by atoms with Gasteiger partial charge in [0.25, 0.3) is 5.91 Å². The summed E-state index contributed by atoms with van der Waals surface area (Å²) in [6.45, 7) is 7.11. The number of carbonyl (C=O) groups is 1. The summed E-state index contributed by atoms with van der Waals surface area (Å²) in [6, 6.07) is 12.0. The molecule has 0 radical (unpaired) electrons. The van der Waals surface area contributed by atoms with Gasteiger partial charge in [-0.25, -0.2) is 0 Å². The molecule has 0 N–H and O–H groups in total. The number of benzene rings is 2. The van der Waals surface area contributed by atoms with Gasteiger partial charge in [0.05, 0.1) is 10.2 Å². The van der Waals surface area contributed by atoms with Crippen molar-refractivity contribution in [3.8, 4) is 0 Å². The third kappa shape index (κ3) is 3.88. The normalized spacial score (nSPS) is 12.1. The molecule has 3 rings (SSSR count). The minimum Gasteiger partial charge on any atom is -0.315 e. The molecule has 1 amide bonds. The van der Waals surface area contributed by atoms with Gasteiger partial charge in [-0.05, 0) is 62.4 Å². The molecule has 25 heavy (non-hydrogen) atoms. The molecular formula is C20H22N2OS2. The number of hydrogen-bond donors (Lipinski definition) is 0. The number of fused-ring (bicyclic) bond motifs is 1. The van der Waals surface area contributed by atoms with Gasteiger partial charge in [0, 0.05) is 17.9 Å². The zero-order valence-corrected chi connectivity index (χ0v) is 16.6. The molecule has 1 aromatic heterocycles. The van der Waals surface area contributed by atoms with E-state index in [0.717, 1.165) is 28.2 Å². The van der Waals surface area contributed by atoms with Gasteiger partial charge in [0.15, 0.2) is 4.80 Å². The Bertz CT molecular complexity index is 981. The van der Waals surface area contributed by atoms with Crippen LogP contribution >= 0.6 is 23.1 Å². The van der Waals surface area contributed by atoms with Crippen LogP contribution in [-0.2, 0) is 6.54 Å². The zero-order chi connectivity index (χ0) is 18.0. The van der Waals surface area contributed by atoms with E-state index >= 15 is 0 Å². The molecule has 0 spiro atoms. The summed E-state index contributed by atoms with van der Waals surface area (Å²) < 4.78 is 3.36. The average Bonchev–Trinajstić information content (AvgIpc) is 2.90. The van der Waals surface area contributed by atoms with E-state index in [2.05, 4.69) is 41.8 Å². The van der Waals surface area contributed by atoms with Gasteiger partial charge in [0.1, 0.15) is 0 Å². The number of carbonyl (C=O) groups excluding carboxylic acids is 1. The highest BCUT2D eigenvalue weighted by molar-refractivity contribution is 7.98. The topological polar surface area (TPSA) is 34.4 Å². The van der Waals surface area contributed by atoms with Crippen LogP contribution in [0.3, 0.4) is 0 Å². The summed E-state index contributed by atoms with van der Waals surface area (Å²) in [6.07, 6.45) is 2.10. The van der Waals surface area contributed by atoms with E-state index < -0.39 is 0 Å². The number of rotatable bonds is 4. The number of thiazole rings is 1. The fourth-order valence-corrected chi connectivity index (χ4v) is 4.15. The molecule has 130 valence electrons. The summed E-state index contributed by atoms with van der Waals surface area (Å²) in [5.74, 6) is 0.808. The third-order valence-corrected chi connectivity index (χ3v) is 5.94. The van der Waals surface area contributed by atoms with Crippen LogP contribution in [0.2, 0.25) is 0 Å². The van der Waals surface area contributed by atoms with Gasteiger partial charge in [-0.3, -0.25) is 4.79 Å². The summed E-state index contributed by atoms with van der Waals surface area (Å²) >= 11 is 3.39. The van der Waals surface area contributed by atoms with Gasteiger partial charge >= 0.3 is 0 Å². The lowest BCUT2D eigenvalue weighted by molar-refractivity contribution is 0.0998. The fraction of sp³-hybridized carbons (Fsp3) is 0.300. The molecule has 0 unspecified atom stereocenters. The van der Waals surface area contributed by atoms with E-state index in [1.807, 2.05) is 31.2 Å². The molecule has 0 aliphatic heterocycles. The Morgan fingerprint density at radius 2 is 1.80 bits per heavy atom. The summed E-state index contributed by atoms with van der Waals surface area (Å²) in [4.78, 5) is 17.8. The molecule has 0 saturated heterocycles. The van der Waals surface area contributed by atoms with E-state index in [0.29, 0.717) is 5.56 Å². The summed E-state index contributed by atoms with van der Waals surface area (Å²) in [5, 5.41) is 0. The van der Waals surface area contributed by atoms with E-state index in [9.17, 15) is 4.79 Å². The van der Waals surface area contributed by atoms with Gasteiger partial charge in [-0.15, -0.1) is 0 Å². The molecule has 3 aromatic rings. The minimum atomic E-state index is -0.182. The summed E-state index contributed by atoms with van der Waals surface area (Å²) in [7, 11) is 0. The van der Waals surface area contributed by atoms with Crippen molar-refractivity contribution in [2.24, 2.45) is 4.99 Å². The van der Waals surface area contributed by atoms with Crippen molar-refractivity contribution in [2.45, 2.75) is 27.3 Å². The van der Waals surface area contributed by atoms with Crippen LogP contribution in [0.4, 0.5) is 0 Å². The highest BCUT2D eigenvalue weighted by Crippen LogP contribution is 2.22. The zero-order valence-electron chi connectivity index (χ0n) is 15.0. The van der Waals surface area contributed by atoms with Crippen molar-refractivity contribution in [3.63, 3.8) is 0 Å². The van der Waals surface area contributed by atoms with Gasteiger partial charge < -0.3 is 4.57 Å². The number of hydrogen-bond acceptors (Lipinski definition) is 3. The van der Waals surface area contributed by atoms with Gasteiger partial charge in [0.2, 0.25) is 0 Å². The first kappa shape index (κ1) is 18.0. The number of amides is 1. The Balaban J connectivity index is 2.13. The monoisotopic (exact) mass is 370 g/mol. The second-order valence-corrected chi connectivity index (χ2v) is 8.21. The molecule has 2 aromatic carbocycles. The van der Waals surface area contributed by atoms with Crippen LogP contribution in [0.1, 0.15) is 27.0 Å². The molecule has 0 aliphatic rings. The molecular weight excluding hydrogens is 348 g/mol. The number of nitrogens with zero attached hydrogens (tertiary/aromatic N) is 2. The third-order valence-electron chi connectivity index (χ3n) is 4.31. The van der Waals surface area contributed by atoms with E-state index in [1.54, 1.807) is 23.1 Å². The van der Waals surface area contributed by atoms with Crippen LogP contribution in [0.25, 0.3) is 10.2 Å². The predicted octanol–water partition coefficient (Wildman–Crippen LogP) is 4.73. The van der Waals surface area contributed by atoms with Crippen LogP contribution < -0.4 is 4.80 Å². The highest BCUT2D eigenvalue weighted by atomic mass is 32.2. The minimum absolute atomic E-state index is 0.182. The second kappa shape index (κ2) is 7.58. The number of aromatic nitrogens is 1. The van der Waals surface area contributed by atoms with Crippen LogP contribution in [0, 0.1) is 20.8 Å². The largest absolute Gasteiger partial charge is 0.315 e. The lowest BCUT2D eigenvalue weighted by atomic mass is 10.1. The van der Waals surface area contributed by atoms with Crippen molar-refractivity contribution in [3.05, 3.63) is 63.5 Å². The predicted molar refractivity (Wildman–Crippen MR) is 109 cm³/mol. The maximum atomic E-state index is 12.6. The lowest BCUT2D eigenvalue weighted by Gasteiger charge is -2.06. The Morgan fingerprint density at radius 3 is 2.48 bits per heavy atom. The van der Waals surface area contributed by atoms with Crippen LogP contribution in [-0.4, -0.2) is 22.5 Å². The second-order valence-electron chi connectivity index (χ2n) is 6.22. The average molecular weight is 371 g/mol. The number of aryl methyl sites for hydroxylation is 4. The van der Waals surface area contributed by atoms with Gasteiger partial charge in [-0.1, -0.05) is 29.0 Å². The molecule has 0 fully saturated rings. The quantitative estimate of drug-likeness (QED) is 0.665. The molecule has 0 aliphatic carbocycles. The first-order valence-electron chi connectivity index (χ1n) is 8.25. The Kier molecular flexibility index (Phi) is 5.45. The van der Waals surface area contributed by atoms with Crippen molar-refractivity contribution in [2.75, 3.05) is 12.0 Å². The molecule has 3 nitrogen and oxygen atoms in total. The first-order chi connectivity index (χ1) is 12.0. The Hall–Kier alpha value is -1.85. The van der Waals surface area contributed by atoms with Gasteiger partial charge in [-0.2, -0.15) is 16.8 Å². The summed E-state index contributed by atoms with van der Waals surface area (Å²) in [5.41, 5.74) is 5.46. The fourth-order valence-electron chi connectivity index (χ4n) is 2.65. The standard InChI is InChI=1S/C20H22N2OS2/c1-13-5-7-16(8-6-13)19(23)21-20-22(9-10-24-4)17-11-14(2)15(3)12-18(17)25-20/h5-8,11-12H,9-10H2,1-4H3. The van der Waals surface area contributed by atoms with E-state index in [-0.39, 0.29) is 5.91 Å². The van der Waals surface area contributed by atoms with Crippen molar-refractivity contribution >= 4 is 39.2 Å². The van der Waals surface area contributed by atoms with E-state index in [1.165, 1.54) is 15.8 Å². The maximum Gasteiger partial charge on any atom is 0.279 e. The molecule has 0 atom stereocenters. The highest BCUT2D eigenvalue weighted by Gasteiger charge is 2.10.